The van der Waals surface area contributed by atoms with E-state index in [1.807, 2.05) is 0 Å². The minimum absolute atomic E-state index is 0.0698. The van der Waals surface area contributed by atoms with Crippen molar-refractivity contribution in [2.75, 3.05) is 5.32 Å². The number of halogens is 2. The van der Waals surface area contributed by atoms with Crippen LogP contribution in [-0.2, 0) is 9.53 Å². The lowest BCUT2D eigenvalue weighted by molar-refractivity contribution is -0.123. The van der Waals surface area contributed by atoms with Gasteiger partial charge in [0.05, 0.1) is 11.3 Å². The zero-order valence-corrected chi connectivity index (χ0v) is 14.6. The fraction of sp³-hybridized carbons (Fsp3) is 0.211. The largest absolute Gasteiger partial charge is 0.449 e. The molecule has 6 nitrogen and oxygen atoms in total. The second-order valence-electron chi connectivity index (χ2n) is 5.54. The van der Waals surface area contributed by atoms with Gasteiger partial charge in [-0.25, -0.2) is 4.79 Å². The minimum Gasteiger partial charge on any atom is -0.449 e. The fourth-order valence-corrected chi connectivity index (χ4v) is 2.19. The van der Waals surface area contributed by atoms with Crippen LogP contribution in [0.2, 0.25) is 0 Å². The molecule has 8 heteroatoms. The Morgan fingerprint density at radius 2 is 1.63 bits per heavy atom. The van der Waals surface area contributed by atoms with Crippen molar-refractivity contribution in [2.24, 2.45) is 0 Å². The maximum atomic E-state index is 12.2. The molecule has 2 aromatic rings. The molecule has 0 unspecified atom stereocenters. The van der Waals surface area contributed by atoms with Crippen molar-refractivity contribution in [1.29, 1.82) is 0 Å². The zero-order valence-electron chi connectivity index (χ0n) is 14.6. The Labute approximate surface area is 154 Å². The molecule has 1 atom stereocenters. The molecular formula is C19H17F2NO5. The van der Waals surface area contributed by atoms with Crippen LogP contribution in [0.1, 0.15) is 34.6 Å². The maximum Gasteiger partial charge on any atom is 0.387 e. The highest BCUT2D eigenvalue weighted by Gasteiger charge is 2.20. The lowest BCUT2D eigenvalue weighted by Gasteiger charge is -2.15. The molecular weight excluding hydrogens is 360 g/mol. The molecule has 0 aliphatic carbocycles. The smallest absolute Gasteiger partial charge is 0.387 e. The van der Waals surface area contributed by atoms with E-state index >= 15 is 0 Å². The number of amides is 1. The maximum absolute atomic E-state index is 12.2. The van der Waals surface area contributed by atoms with Crippen molar-refractivity contribution in [2.45, 2.75) is 26.6 Å². The second-order valence-corrected chi connectivity index (χ2v) is 5.54. The summed E-state index contributed by atoms with van der Waals surface area (Å²) in [6.45, 7) is -0.224. The van der Waals surface area contributed by atoms with Crippen molar-refractivity contribution in [1.82, 2.24) is 0 Å². The Bertz CT molecular complexity index is 836. The van der Waals surface area contributed by atoms with Crippen LogP contribution in [0.5, 0.6) is 5.75 Å². The Balaban J connectivity index is 1.99. The molecule has 0 aliphatic rings. The van der Waals surface area contributed by atoms with Crippen LogP contribution in [0.4, 0.5) is 14.5 Å². The average Bonchev–Trinajstić information content (AvgIpc) is 2.61. The van der Waals surface area contributed by atoms with E-state index in [9.17, 15) is 23.2 Å². The summed E-state index contributed by atoms with van der Waals surface area (Å²) in [5, 5.41) is 2.54. The van der Waals surface area contributed by atoms with Crippen LogP contribution >= 0.6 is 0 Å². The highest BCUT2D eigenvalue weighted by molar-refractivity contribution is 6.05. The van der Waals surface area contributed by atoms with E-state index in [1.165, 1.54) is 38.1 Å². The van der Waals surface area contributed by atoms with Gasteiger partial charge in [-0.1, -0.05) is 12.1 Å². The number of nitrogens with one attached hydrogen (secondary N) is 1. The monoisotopic (exact) mass is 377 g/mol. The lowest BCUT2D eigenvalue weighted by Crippen LogP contribution is -2.30. The van der Waals surface area contributed by atoms with Gasteiger partial charge in [0.2, 0.25) is 0 Å². The predicted octanol–water partition coefficient (Wildman–Crippen LogP) is 3.67. The Hall–Kier alpha value is -3.29. The van der Waals surface area contributed by atoms with E-state index in [-0.39, 0.29) is 17.1 Å². The van der Waals surface area contributed by atoms with E-state index in [0.717, 1.165) is 0 Å². The molecule has 142 valence electrons. The molecule has 0 saturated carbocycles. The third-order valence-corrected chi connectivity index (χ3v) is 3.53. The van der Waals surface area contributed by atoms with Crippen LogP contribution in [0, 0.1) is 0 Å². The number of carbonyl (C=O) groups excluding carboxylic acids is 3. The summed E-state index contributed by atoms with van der Waals surface area (Å²) in [5.41, 5.74) is 0.714. The van der Waals surface area contributed by atoms with Crippen molar-refractivity contribution in [3.63, 3.8) is 0 Å². The predicted molar refractivity (Wildman–Crippen MR) is 93.0 cm³/mol. The normalized spacial score (nSPS) is 11.6. The molecule has 0 heterocycles. The number of hydrogen-bond donors (Lipinski definition) is 1. The van der Waals surface area contributed by atoms with E-state index in [0.29, 0.717) is 11.3 Å². The first-order valence-electron chi connectivity index (χ1n) is 7.94. The van der Waals surface area contributed by atoms with Gasteiger partial charge < -0.3 is 14.8 Å². The molecule has 2 aromatic carbocycles. The molecule has 27 heavy (non-hydrogen) atoms. The van der Waals surface area contributed by atoms with Crippen LogP contribution in [-0.4, -0.2) is 30.4 Å². The van der Waals surface area contributed by atoms with Gasteiger partial charge in [-0.05, 0) is 50.2 Å². The summed E-state index contributed by atoms with van der Waals surface area (Å²) < 4.78 is 33.5. The van der Waals surface area contributed by atoms with E-state index in [2.05, 4.69) is 10.1 Å². The zero-order chi connectivity index (χ0) is 20.0. The summed E-state index contributed by atoms with van der Waals surface area (Å²) in [5.74, 6) is -1.74. The topological polar surface area (TPSA) is 81.7 Å². The molecule has 0 bridgehead atoms. The first-order chi connectivity index (χ1) is 12.8. The summed E-state index contributed by atoms with van der Waals surface area (Å²) >= 11 is 0. The third-order valence-electron chi connectivity index (χ3n) is 3.53. The molecule has 1 amide bonds. The van der Waals surface area contributed by atoms with Crippen LogP contribution < -0.4 is 10.1 Å². The number of carbonyl (C=O) groups is 3. The lowest BCUT2D eigenvalue weighted by atomic mass is 10.1. The van der Waals surface area contributed by atoms with Crippen LogP contribution in [0.3, 0.4) is 0 Å². The van der Waals surface area contributed by atoms with Crippen LogP contribution in [0.15, 0.2) is 48.5 Å². The van der Waals surface area contributed by atoms with E-state index in [4.69, 9.17) is 4.74 Å². The molecule has 0 spiro atoms. The Morgan fingerprint density at radius 1 is 1.00 bits per heavy atom. The van der Waals surface area contributed by atoms with Crippen molar-refractivity contribution >= 4 is 23.3 Å². The van der Waals surface area contributed by atoms with Gasteiger partial charge >= 0.3 is 12.6 Å². The summed E-state index contributed by atoms with van der Waals surface area (Å²) in [7, 11) is 0. The number of ketones is 1. The number of hydrogen-bond acceptors (Lipinski definition) is 5. The Morgan fingerprint density at radius 3 is 2.22 bits per heavy atom. The summed E-state index contributed by atoms with van der Waals surface area (Å²) in [6.07, 6.45) is -1.14. The number of Topliss-reactive ketones (excluding diaryl/α,β-unsaturated/α-hetero) is 1. The average molecular weight is 377 g/mol. The summed E-state index contributed by atoms with van der Waals surface area (Å²) in [4.78, 5) is 35.9. The van der Waals surface area contributed by atoms with Gasteiger partial charge in [0.25, 0.3) is 5.91 Å². The molecule has 0 aromatic heterocycles. The van der Waals surface area contributed by atoms with E-state index < -0.39 is 24.6 Å². The summed E-state index contributed by atoms with van der Waals surface area (Å²) in [6, 6.07) is 11.3. The number of ether oxygens (including phenoxy) is 2. The second kappa shape index (κ2) is 8.88. The van der Waals surface area contributed by atoms with Gasteiger partial charge in [-0.15, -0.1) is 0 Å². The van der Waals surface area contributed by atoms with Gasteiger partial charge in [-0.2, -0.15) is 8.78 Å². The van der Waals surface area contributed by atoms with Gasteiger partial charge in [0, 0.05) is 5.56 Å². The number of alkyl halides is 2. The van der Waals surface area contributed by atoms with Gasteiger partial charge in [0.15, 0.2) is 11.9 Å². The van der Waals surface area contributed by atoms with Gasteiger partial charge in [0.1, 0.15) is 5.75 Å². The molecule has 0 saturated heterocycles. The number of benzene rings is 2. The molecule has 2 rings (SSSR count). The highest BCUT2D eigenvalue weighted by Crippen LogP contribution is 2.18. The fourth-order valence-electron chi connectivity index (χ4n) is 2.19. The van der Waals surface area contributed by atoms with Gasteiger partial charge in [-0.3, -0.25) is 9.59 Å². The van der Waals surface area contributed by atoms with E-state index in [1.54, 1.807) is 24.3 Å². The minimum atomic E-state index is -2.97. The first-order valence-corrected chi connectivity index (χ1v) is 7.94. The number of rotatable bonds is 7. The third kappa shape index (κ3) is 5.60. The number of anilines is 1. The molecule has 1 N–H and O–H groups in total. The first kappa shape index (κ1) is 20.0. The standard InChI is InChI=1S/C19H17F2NO5/c1-11(23)15-5-3-4-6-16(15)22-17(24)12(2)26-18(25)13-7-9-14(10-8-13)27-19(20)21/h3-10,12,19H,1-2H3,(H,22,24)/t12-/m0/s1. The van der Waals surface area contributed by atoms with Crippen molar-refractivity contribution in [3.05, 3.63) is 59.7 Å². The molecule has 0 aliphatic heterocycles. The number of para-hydroxylation sites is 1. The Kier molecular flexibility index (Phi) is 6.59. The quantitative estimate of drug-likeness (QED) is 0.588. The SMILES string of the molecule is CC(=O)c1ccccc1NC(=O)[C@H](C)OC(=O)c1ccc(OC(F)F)cc1. The molecule has 0 radical (unpaired) electrons. The van der Waals surface area contributed by atoms with Crippen LogP contribution in [0.25, 0.3) is 0 Å². The molecule has 0 fully saturated rings. The number of esters is 1. The van der Waals surface area contributed by atoms with Crippen molar-refractivity contribution < 1.29 is 32.6 Å². The van der Waals surface area contributed by atoms with Crippen molar-refractivity contribution in [3.8, 4) is 5.75 Å². The highest BCUT2D eigenvalue weighted by atomic mass is 19.3.